The van der Waals surface area contributed by atoms with Crippen molar-refractivity contribution in [2.24, 2.45) is 11.3 Å². The van der Waals surface area contributed by atoms with E-state index in [1.807, 2.05) is 20.8 Å². The Labute approximate surface area is 98.0 Å². The normalized spacial score (nSPS) is 17.4. The van der Waals surface area contributed by atoms with Crippen molar-refractivity contribution in [3.63, 3.8) is 0 Å². The second-order valence-corrected chi connectivity index (χ2v) is 5.80. The number of carbonyl (C=O) groups excluding carboxylic acids is 2. The molecule has 0 heterocycles. The Balaban J connectivity index is 2.22. The van der Waals surface area contributed by atoms with E-state index in [1.54, 1.807) is 0 Å². The van der Waals surface area contributed by atoms with Crippen LogP contribution in [0.1, 0.15) is 52.9 Å². The molecule has 3 heteroatoms. The molecule has 0 aromatic heterocycles. The van der Waals surface area contributed by atoms with Crippen LogP contribution in [0.25, 0.3) is 0 Å². The minimum Gasteiger partial charge on any atom is -0.349 e. The first kappa shape index (κ1) is 13.2. The Bertz CT molecular complexity index is 260. The molecule has 0 aromatic rings. The maximum Gasteiger partial charge on any atom is 0.220 e. The molecule has 0 saturated heterocycles. The van der Waals surface area contributed by atoms with Crippen LogP contribution in [0, 0.1) is 11.3 Å². The van der Waals surface area contributed by atoms with Gasteiger partial charge in [-0.15, -0.1) is 0 Å². The molecule has 3 nitrogen and oxygen atoms in total. The fraction of sp³-hybridized carbons (Fsp3) is 0.846. The summed E-state index contributed by atoms with van der Waals surface area (Å²) in [7, 11) is 0. The van der Waals surface area contributed by atoms with Crippen molar-refractivity contribution < 1.29 is 9.59 Å². The van der Waals surface area contributed by atoms with Gasteiger partial charge >= 0.3 is 0 Å². The van der Waals surface area contributed by atoms with E-state index in [0.29, 0.717) is 12.3 Å². The van der Waals surface area contributed by atoms with Gasteiger partial charge in [0.15, 0.2) is 5.78 Å². The minimum absolute atomic E-state index is 0.0319. The lowest BCUT2D eigenvalue weighted by atomic mass is 9.91. The summed E-state index contributed by atoms with van der Waals surface area (Å²) >= 11 is 0. The summed E-state index contributed by atoms with van der Waals surface area (Å²) in [4.78, 5) is 23.2. The van der Waals surface area contributed by atoms with Crippen LogP contribution in [-0.4, -0.2) is 18.2 Å². The fourth-order valence-electron chi connectivity index (χ4n) is 1.99. The smallest absolute Gasteiger partial charge is 0.220 e. The lowest BCUT2D eigenvalue weighted by molar-refractivity contribution is -0.129. The predicted molar refractivity (Wildman–Crippen MR) is 64.0 cm³/mol. The molecular weight excluding hydrogens is 202 g/mol. The standard InChI is InChI=1S/C13H23NO2/c1-13(2,3)11(15)9-14-12(16)8-10-6-4-5-7-10/h10H,4-9H2,1-3H3,(H,14,16). The Morgan fingerprint density at radius 1 is 1.19 bits per heavy atom. The third kappa shape index (κ3) is 4.33. The van der Waals surface area contributed by atoms with Gasteiger partial charge in [0.2, 0.25) is 5.91 Å². The summed E-state index contributed by atoms with van der Waals surface area (Å²) in [5.74, 6) is 0.668. The van der Waals surface area contributed by atoms with Crippen LogP contribution in [0.3, 0.4) is 0 Å². The SMILES string of the molecule is CC(C)(C)C(=O)CNC(=O)CC1CCCC1. The zero-order valence-corrected chi connectivity index (χ0v) is 10.6. The zero-order valence-electron chi connectivity index (χ0n) is 10.6. The van der Waals surface area contributed by atoms with Crippen LogP contribution in [0.5, 0.6) is 0 Å². The van der Waals surface area contributed by atoms with Crippen molar-refractivity contribution in [2.75, 3.05) is 6.54 Å². The van der Waals surface area contributed by atoms with Gasteiger partial charge in [-0.1, -0.05) is 33.6 Å². The van der Waals surface area contributed by atoms with Crippen molar-refractivity contribution in [3.8, 4) is 0 Å². The van der Waals surface area contributed by atoms with Gasteiger partial charge in [0, 0.05) is 11.8 Å². The van der Waals surface area contributed by atoms with Gasteiger partial charge in [-0.2, -0.15) is 0 Å². The molecule has 1 rings (SSSR count). The second-order valence-electron chi connectivity index (χ2n) is 5.80. The summed E-state index contributed by atoms with van der Waals surface area (Å²) in [6.45, 7) is 5.80. The molecule has 0 unspecified atom stereocenters. The molecule has 0 aromatic carbocycles. The Morgan fingerprint density at radius 2 is 1.75 bits per heavy atom. The van der Waals surface area contributed by atoms with Gasteiger partial charge in [0.25, 0.3) is 0 Å². The number of Topliss-reactive ketones (excluding diaryl/α,β-unsaturated/α-hetero) is 1. The lowest BCUT2D eigenvalue weighted by Gasteiger charge is -2.17. The highest BCUT2D eigenvalue weighted by Gasteiger charge is 2.22. The van der Waals surface area contributed by atoms with E-state index < -0.39 is 0 Å². The maximum absolute atomic E-state index is 11.6. The number of hydrogen-bond acceptors (Lipinski definition) is 2. The fourth-order valence-corrected chi connectivity index (χ4v) is 1.99. The van der Waals surface area contributed by atoms with Crippen LogP contribution >= 0.6 is 0 Å². The summed E-state index contributed by atoms with van der Waals surface area (Å²) < 4.78 is 0. The van der Waals surface area contributed by atoms with Crippen LogP contribution in [0.2, 0.25) is 0 Å². The number of hydrogen-bond donors (Lipinski definition) is 1. The zero-order chi connectivity index (χ0) is 12.2. The van der Waals surface area contributed by atoms with E-state index in [0.717, 1.165) is 0 Å². The third-order valence-electron chi connectivity index (χ3n) is 3.23. The highest BCUT2D eigenvalue weighted by Crippen LogP contribution is 2.27. The lowest BCUT2D eigenvalue weighted by Crippen LogP contribution is -2.36. The minimum atomic E-state index is -0.360. The molecule has 1 amide bonds. The molecule has 92 valence electrons. The number of ketones is 1. The maximum atomic E-state index is 11.6. The van der Waals surface area contributed by atoms with Gasteiger partial charge in [0.05, 0.1) is 6.54 Å². The first-order valence-electron chi connectivity index (χ1n) is 6.19. The van der Waals surface area contributed by atoms with Gasteiger partial charge < -0.3 is 5.32 Å². The van der Waals surface area contributed by atoms with Crippen molar-refractivity contribution >= 4 is 11.7 Å². The highest BCUT2D eigenvalue weighted by atomic mass is 16.2. The third-order valence-corrected chi connectivity index (χ3v) is 3.23. The predicted octanol–water partition coefficient (Wildman–Crippen LogP) is 2.30. The van der Waals surface area contributed by atoms with Crippen LogP contribution in [0.15, 0.2) is 0 Å². The molecule has 0 atom stereocenters. The van der Waals surface area contributed by atoms with Gasteiger partial charge in [-0.05, 0) is 18.8 Å². The first-order valence-corrected chi connectivity index (χ1v) is 6.19. The number of carbonyl (C=O) groups is 2. The monoisotopic (exact) mass is 225 g/mol. The molecule has 1 fully saturated rings. The van der Waals surface area contributed by atoms with Gasteiger partial charge in [-0.3, -0.25) is 9.59 Å². The molecular formula is C13H23NO2. The van der Waals surface area contributed by atoms with E-state index in [2.05, 4.69) is 5.32 Å². The summed E-state index contributed by atoms with van der Waals surface area (Å²) in [6.07, 6.45) is 5.43. The number of rotatable bonds is 4. The summed E-state index contributed by atoms with van der Waals surface area (Å²) in [6, 6.07) is 0. The van der Waals surface area contributed by atoms with Gasteiger partial charge in [0.1, 0.15) is 0 Å². The topological polar surface area (TPSA) is 46.2 Å². The van der Waals surface area contributed by atoms with Crippen molar-refractivity contribution in [1.29, 1.82) is 0 Å². The Kier molecular flexibility index (Phi) is 4.51. The van der Waals surface area contributed by atoms with Crippen LogP contribution < -0.4 is 5.32 Å². The summed E-state index contributed by atoms with van der Waals surface area (Å²) in [5, 5.41) is 2.73. The Hall–Kier alpha value is -0.860. The van der Waals surface area contributed by atoms with E-state index in [9.17, 15) is 9.59 Å². The first-order chi connectivity index (χ1) is 7.39. The quantitative estimate of drug-likeness (QED) is 0.798. The molecule has 1 saturated carbocycles. The van der Waals surface area contributed by atoms with Crippen molar-refractivity contribution in [2.45, 2.75) is 52.9 Å². The van der Waals surface area contributed by atoms with Crippen molar-refractivity contribution in [3.05, 3.63) is 0 Å². The summed E-state index contributed by atoms with van der Waals surface area (Å²) in [5.41, 5.74) is -0.360. The van der Waals surface area contributed by atoms with Crippen molar-refractivity contribution in [1.82, 2.24) is 5.32 Å². The average Bonchev–Trinajstić information content (AvgIpc) is 2.65. The van der Waals surface area contributed by atoms with Crippen LogP contribution in [0.4, 0.5) is 0 Å². The van der Waals surface area contributed by atoms with Gasteiger partial charge in [-0.25, -0.2) is 0 Å². The largest absolute Gasteiger partial charge is 0.349 e. The molecule has 0 aliphatic heterocycles. The van der Waals surface area contributed by atoms with Crippen LogP contribution in [-0.2, 0) is 9.59 Å². The molecule has 1 N–H and O–H groups in total. The average molecular weight is 225 g/mol. The molecule has 0 radical (unpaired) electrons. The Morgan fingerprint density at radius 3 is 2.25 bits per heavy atom. The van der Waals surface area contributed by atoms with E-state index in [4.69, 9.17) is 0 Å². The highest BCUT2D eigenvalue weighted by molar-refractivity contribution is 5.89. The molecule has 0 bridgehead atoms. The molecule has 0 spiro atoms. The number of amides is 1. The number of nitrogens with one attached hydrogen (secondary N) is 1. The van der Waals surface area contributed by atoms with E-state index in [-0.39, 0.29) is 23.7 Å². The second kappa shape index (κ2) is 5.46. The molecule has 1 aliphatic rings. The van der Waals surface area contributed by atoms with E-state index in [1.165, 1.54) is 25.7 Å². The molecule has 1 aliphatic carbocycles. The van der Waals surface area contributed by atoms with E-state index >= 15 is 0 Å². The molecule has 16 heavy (non-hydrogen) atoms.